The highest BCUT2D eigenvalue weighted by Crippen LogP contribution is 2.37. The lowest BCUT2D eigenvalue weighted by molar-refractivity contribution is -0.137. The average molecular weight is 605 g/mol. The Bertz CT molecular complexity index is 1560. The van der Waals surface area contributed by atoms with Crippen LogP contribution in [0.4, 0.5) is 23.4 Å². The molecule has 0 saturated carbocycles. The maximum absolute atomic E-state index is 15.6. The van der Waals surface area contributed by atoms with Crippen LogP contribution in [0, 0.1) is 11.2 Å². The monoisotopic (exact) mass is 604 g/mol. The van der Waals surface area contributed by atoms with Crippen molar-refractivity contribution in [2.75, 3.05) is 25.0 Å². The SMILES string of the molecule is NC1=NC=CN2CCC3(CCN=CNC(c4ccc(C(=O)Nc5cc(C(F)(F)F)c(Cl)cn5)cc4F)=C12)CCNC3=O. The van der Waals surface area contributed by atoms with Crippen LogP contribution in [0.5, 0.6) is 0 Å². The van der Waals surface area contributed by atoms with Crippen molar-refractivity contribution < 1.29 is 27.2 Å². The minimum Gasteiger partial charge on any atom is -0.382 e. The summed E-state index contributed by atoms with van der Waals surface area (Å²) >= 11 is 5.59. The van der Waals surface area contributed by atoms with E-state index < -0.39 is 39.7 Å². The molecule has 5 N–H and O–H groups in total. The molecule has 2 amide bonds. The van der Waals surface area contributed by atoms with Gasteiger partial charge in [-0.25, -0.2) is 14.4 Å². The van der Waals surface area contributed by atoms with E-state index in [2.05, 4.69) is 30.9 Å². The van der Waals surface area contributed by atoms with Gasteiger partial charge in [0.1, 0.15) is 23.2 Å². The Labute approximate surface area is 242 Å². The number of nitrogens with zero attached hydrogens (tertiary/aromatic N) is 4. The summed E-state index contributed by atoms with van der Waals surface area (Å²) < 4.78 is 55.2. The Morgan fingerprint density at radius 2 is 2.00 bits per heavy atom. The average Bonchev–Trinajstić information content (AvgIpc) is 3.28. The number of aromatic nitrogens is 1. The lowest BCUT2D eigenvalue weighted by Crippen LogP contribution is -2.38. The summed E-state index contributed by atoms with van der Waals surface area (Å²) in [6, 6.07) is 4.17. The number of aliphatic imine (C=N–C) groups is 2. The van der Waals surface area contributed by atoms with Crippen molar-refractivity contribution in [1.82, 2.24) is 20.5 Å². The van der Waals surface area contributed by atoms with Gasteiger partial charge in [-0.1, -0.05) is 11.6 Å². The third-order valence-electron chi connectivity index (χ3n) is 7.35. The smallest absolute Gasteiger partial charge is 0.382 e. The second kappa shape index (κ2) is 11.4. The molecule has 10 nitrogen and oxygen atoms in total. The first-order chi connectivity index (χ1) is 20.0. The molecule has 3 aliphatic rings. The third kappa shape index (κ3) is 5.79. The summed E-state index contributed by atoms with van der Waals surface area (Å²) in [6.45, 7) is 1.33. The molecule has 3 aliphatic heterocycles. The number of benzene rings is 1. The van der Waals surface area contributed by atoms with Crippen molar-refractivity contribution >= 4 is 47.1 Å². The zero-order valence-electron chi connectivity index (χ0n) is 21.9. The number of nitrogens with one attached hydrogen (secondary N) is 3. The molecule has 1 aromatic heterocycles. The van der Waals surface area contributed by atoms with Crippen molar-refractivity contribution in [3.05, 3.63) is 76.1 Å². The number of carbonyl (C=O) groups excluding carboxylic acids is 2. The lowest BCUT2D eigenvalue weighted by atomic mass is 9.79. The topological polar surface area (TPSA) is 137 Å². The maximum Gasteiger partial charge on any atom is 0.418 e. The van der Waals surface area contributed by atoms with E-state index >= 15 is 4.39 Å². The molecule has 42 heavy (non-hydrogen) atoms. The van der Waals surface area contributed by atoms with E-state index in [1.165, 1.54) is 24.7 Å². The highest BCUT2D eigenvalue weighted by molar-refractivity contribution is 6.31. The number of pyridine rings is 1. The fourth-order valence-corrected chi connectivity index (χ4v) is 5.30. The van der Waals surface area contributed by atoms with E-state index in [-0.39, 0.29) is 28.6 Å². The first-order valence-electron chi connectivity index (χ1n) is 12.9. The molecule has 1 unspecified atom stereocenters. The van der Waals surface area contributed by atoms with Gasteiger partial charge in [-0.3, -0.25) is 14.6 Å². The minimum absolute atomic E-state index is 0.0263. The molecule has 1 spiro atoms. The second-order valence-corrected chi connectivity index (χ2v) is 10.3. The number of alkyl halides is 3. The predicted octanol–water partition coefficient (Wildman–Crippen LogP) is 3.88. The predicted molar refractivity (Wildman–Crippen MR) is 149 cm³/mol. The van der Waals surface area contributed by atoms with Crippen LogP contribution < -0.4 is 21.7 Å². The molecule has 0 radical (unpaired) electrons. The Morgan fingerprint density at radius 1 is 1.19 bits per heavy atom. The standard InChI is InChI=1S/C27H25ClF4N8O2/c28-18-13-37-20(12-17(18)27(30,31)32)39-24(41)15-1-2-16(19(29)11-15)21-22-23(33)35-8-10-40(22)9-5-26(3-6-34-14-38-21)4-7-36-25(26)42/h1-2,8,10-14H,3-7,9H2,(H2,33,35)(H,34,38)(H,36,42)(H,37,39,41). The number of nitrogens with two attached hydrogens (primary N) is 1. The summed E-state index contributed by atoms with van der Waals surface area (Å²) in [4.78, 5) is 39.5. The number of amides is 2. The maximum atomic E-state index is 15.6. The van der Waals surface area contributed by atoms with E-state index in [1.807, 2.05) is 0 Å². The Morgan fingerprint density at radius 3 is 2.71 bits per heavy atom. The molecular formula is C27H25ClF4N8O2. The molecule has 220 valence electrons. The van der Waals surface area contributed by atoms with Gasteiger partial charge in [0.2, 0.25) is 5.91 Å². The number of amidine groups is 1. The van der Waals surface area contributed by atoms with Gasteiger partial charge >= 0.3 is 6.18 Å². The molecule has 1 saturated heterocycles. The zero-order chi connectivity index (χ0) is 30.1. The summed E-state index contributed by atoms with van der Waals surface area (Å²) in [6.07, 6.45) is 2.29. The summed E-state index contributed by atoms with van der Waals surface area (Å²) in [5.41, 5.74) is 4.92. The van der Waals surface area contributed by atoms with Crippen LogP contribution in [0.15, 0.2) is 58.5 Å². The molecule has 1 fully saturated rings. The molecule has 1 atom stereocenters. The molecule has 1 aromatic carbocycles. The normalized spacial score (nSPS) is 20.9. The highest BCUT2D eigenvalue weighted by atomic mass is 35.5. The fourth-order valence-electron chi connectivity index (χ4n) is 5.09. The quantitative estimate of drug-likeness (QED) is 0.393. The number of carbonyl (C=O) groups is 2. The van der Waals surface area contributed by atoms with Crippen LogP contribution in [-0.4, -0.2) is 53.5 Å². The van der Waals surface area contributed by atoms with Crippen LogP contribution in [0.25, 0.3) is 5.70 Å². The lowest BCUT2D eigenvalue weighted by Gasteiger charge is -2.32. The van der Waals surface area contributed by atoms with Gasteiger partial charge < -0.3 is 26.6 Å². The number of hydrogen-bond acceptors (Lipinski definition) is 8. The van der Waals surface area contributed by atoms with Crippen LogP contribution in [0.2, 0.25) is 5.02 Å². The van der Waals surface area contributed by atoms with E-state index in [0.29, 0.717) is 50.7 Å². The van der Waals surface area contributed by atoms with Crippen molar-refractivity contribution in [2.45, 2.75) is 25.4 Å². The van der Waals surface area contributed by atoms with E-state index in [9.17, 15) is 22.8 Å². The van der Waals surface area contributed by atoms with Crippen LogP contribution in [0.1, 0.15) is 40.7 Å². The van der Waals surface area contributed by atoms with Gasteiger partial charge in [-0.2, -0.15) is 13.2 Å². The van der Waals surface area contributed by atoms with Crippen molar-refractivity contribution in [3.8, 4) is 0 Å². The molecule has 0 aliphatic carbocycles. The van der Waals surface area contributed by atoms with Crippen LogP contribution >= 0.6 is 11.6 Å². The van der Waals surface area contributed by atoms with E-state index in [0.717, 1.165) is 12.3 Å². The van der Waals surface area contributed by atoms with E-state index in [1.54, 1.807) is 11.1 Å². The molecule has 15 heteroatoms. The Hall–Kier alpha value is -4.46. The molecule has 0 bridgehead atoms. The first-order valence-corrected chi connectivity index (χ1v) is 13.2. The van der Waals surface area contributed by atoms with Gasteiger partial charge in [0, 0.05) is 49.4 Å². The summed E-state index contributed by atoms with van der Waals surface area (Å²) in [5, 5.41) is 7.49. The van der Waals surface area contributed by atoms with Crippen LogP contribution in [-0.2, 0) is 11.0 Å². The van der Waals surface area contributed by atoms with Crippen molar-refractivity contribution in [2.24, 2.45) is 21.1 Å². The minimum atomic E-state index is -4.76. The number of anilines is 1. The van der Waals surface area contributed by atoms with Gasteiger partial charge in [0.15, 0.2) is 0 Å². The first kappa shape index (κ1) is 29.0. The zero-order valence-corrected chi connectivity index (χ0v) is 22.7. The van der Waals surface area contributed by atoms with Gasteiger partial charge in [-0.15, -0.1) is 0 Å². The Kier molecular flexibility index (Phi) is 7.91. The number of halogens is 5. The van der Waals surface area contributed by atoms with Gasteiger partial charge in [0.25, 0.3) is 5.91 Å². The molecule has 4 heterocycles. The van der Waals surface area contributed by atoms with Crippen molar-refractivity contribution in [3.63, 3.8) is 0 Å². The summed E-state index contributed by atoms with van der Waals surface area (Å²) in [7, 11) is 0. The van der Waals surface area contributed by atoms with Gasteiger partial charge in [-0.05, 0) is 43.5 Å². The fraction of sp³-hybridized carbons (Fsp3) is 0.296. The number of hydrogen-bond donors (Lipinski definition) is 4. The largest absolute Gasteiger partial charge is 0.418 e. The Balaban J connectivity index is 1.46. The van der Waals surface area contributed by atoms with Gasteiger partial charge in [0.05, 0.1) is 28.0 Å². The molecule has 2 aromatic rings. The third-order valence-corrected chi connectivity index (χ3v) is 7.65. The molecular weight excluding hydrogens is 580 g/mol. The molecule has 5 rings (SSSR count). The number of fused-ring (bicyclic) bond motifs is 1. The van der Waals surface area contributed by atoms with Crippen molar-refractivity contribution in [1.29, 1.82) is 0 Å². The second-order valence-electron chi connectivity index (χ2n) is 9.89. The van der Waals surface area contributed by atoms with Crippen LogP contribution in [0.3, 0.4) is 0 Å². The highest BCUT2D eigenvalue weighted by Gasteiger charge is 2.42. The van der Waals surface area contributed by atoms with E-state index in [4.69, 9.17) is 17.3 Å². The summed E-state index contributed by atoms with van der Waals surface area (Å²) in [5.74, 6) is -2.05. The number of rotatable bonds is 3.